The largest absolute Gasteiger partial charge is 0.466 e. The van der Waals surface area contributed by atoms with Crippen molar-refractivity contribution in [1.82, 2.24) is 50.2 Å². The fourth-order valence-electron chi connectivity index (χ4n) is 18.4. The van der Waals surface area contributed by atoms with Crippen molar-refractivity contribution in [3.63, 3.8) is 0 Å². The van der Waals surface area contributed by atoms with E-state index in [0.29, 0.717) is 86.0 Å². The molecule has 0 aromatic heterocycles. The van der Waals surface area contributed by atoms with Crippen molar-refractivity contribution in [3.8, 4) is 0 Å². The van der Waals surface area contributed by atoms with Gasteiger partial charge >= 0.3 is 41.7 Å². The number of aliphatic hydroxyl groups is 4. The van der Waals surface area contributed by atoms with E-state index >= 15 is 0 Å². The van der Waals surface area contributed by atoms with Gasteiger partial charge in [0.05, 0.1) is 38.3 Å². The van der Waals surface area contributed by atoms with Crippen LogP contribution in [0.2, 0.25) is 0 Å². The number of halogens is 1. The molecule has 12 fully saturated rings. The predicted molar refractivity (Wildman–Crippen MR) is 527 cm³/mol. The number of Topliss-reactive ketones (excluding diaryl/α,β-unsaturated/α-hetero) is 1. The summed E-state index contributed by atoms with van der Waals surface area (Å²) >= 11 is 4.72. The summed E-state index contributed by atoms with van der Waals surface area (Å²) in [6, 6.07) is 1.85. The molecule has 8 heterocycles. The number of nitrogens with one attached hydrogen (secondary N) is 3. The summed E-state index contributed by atoms with van der Waals surface area (Å²) in [6.07, 6.45) is 18.6. The molecule has 8 aliphatic heterocycles. The van der Waals surface area contributed by atoms with E-state index in [9.17, 15) is 47.9 Å². The van der Waals surface area contributed by atoms with Crippen LogP contribution in [0.25, 0.3) is 0 Å². The van der Waals surface area contributed by atoms with Crippen LogP contribution in [-0.2, 0) is 78.8 Å². The number of hydrogen-bond acceptors (Lipinski definition) is 26. The molecule has 4 aliphatic carbocycles. The van der Waals surface area contributed by atoms with Crippen molar-refractivity contribution < 1.29 is 123 Å². The van der Waals surface area contributed by atoms with Crippen molar-refractivity contribution in [3.05, 3.63) is 0 Å². The van der Waals surface area contributed by atoms with Gasteiger partial charge < -0.3 is 110 Å². The molecule has 786 valence electrons. The van der Waals surface area contributed by atoms with Crippen LogP contribution in [0, 0.1) is 45.3 Å². The third-order valence-corrected chi connectivity index (χ3v) is 24.2. The molecule has 9 N–H and O–H groups in total. The Morgan fingerprint density at radius 1 is 0.385 bits per heavy atom. The van der Waals surface area contributed by atoms with E-state index in [1.165, 1.54) is 25.7 Å². The summed E-state index contributed by atoms with van der Waals surface area (Å²) in [5, 5.41) is 41.7. The van der Waals surface area contributed by atoms with Gasteiger partial charge in [0.25, 0.3) is 0 Å². The predicted octanol–water partition coefficient (Wildman–Crippen LogP) is 15.3. The fraction of sp³-hybridized carbons (Fsp3) is 0.901. The first-order chi connectivity index (χ1) is 61.6. The molecule has 0 radical (unpaired) electrons. The second kappa shape index (κ2) is 59.0. The van der Waals surface area contributed by atoms with Crippen LogP contribution in [0.15, 0.2) is 0 Å². The van der Waals surface area contributed by atoms with Crippen LogP contribution in [0.5, 0.6) is 0 Å². The SMILES string of the molecule is CC(C)(C)N.CC(C)(C)NC(=O)C1CCN(C2CC3(CCN(C(=O)OC(C)(C)C)C3)C2)CC1.CC(C)(C)OC(=O)N1CCC2(CC(=O)C2)C1.CC(C)O.CC(C)O.CC(C)O.CC(C)O.CCOC(=O)C1CCN(C2CC3(CCN(C(=O)OC(C)(C)C)C3)C2)CC1.CCOC(=O)C1CCNCC1.CCOC(=O)Cl.CCOC(=O)N1CCC2(CC(N3CCC(C(=O)NC(C)(C)C)CC3)C2)C1.[Ti]. The second-order valence-electron chi connectivity index (χ2n) is 46.3. The molecule has 0 aromatic rings. The van der Waals surface area contributed by atoms with Crippen molar-refractivity contribution in [1.29, 1.82) is 0 Å². The van der Waals surface area contributed by atoms with Crippen LogP contribution in [-0.4, -0.2) is 321 Å². The van der Waals surface area contributed by atoms with Crippen LogP contribution in [0.3, 0.4) is 0 Å². The number of nitrogens with zero attached hydrogens (tertiary/aromatic N) is 7. The normalized spacial score (nSPS) is 24.1. The molecule has 135 heavy (non-hydrogen) atoms. The molecule has 12 aliphatic rings. The number of esters is 2. The number of likely N-dealkylation sites (tertiary alicyclic amines) is 7. The maximum absolute atomic E-state index is 12.4. The number of amides is 6. The van der Waals surface area contributed by atoms with E-state index in [1.54, 1.807) is 67.2 Å². The molecule has 0 atom stereocenters. The number of carbonyl (C=O) groups excluding carboxylic acids is 10. The zero-order chi connectivity index (χ0) is 103. The molecular weight excluding hydrogens is 1790 g/mol. The first-order valence-electron chi connectivity index (χ1n) is 50.2. The molecule has 4 saturated carbocycles. The zero-order valence-corrected chi connectivity index (χ0v) is 91.8. The van der Waals surface area contributed by atoms with Gasteiger partial charge in [-0.3, -0.25) is 24.0 Å². The Labute approximate surface area is 833 Å². The molecule has 8 saturated heterocycles. The number of aliphatic hydroxyl groups excluding tert-OH is 4. The summed E-state index contributed by atoms with van der Waals surface area (Å²) in [4.78, 5) is 132. The van der Waals surface area contributed by atoms with Gasteiger partial charge in [-0.25, -0.2) is 24.0 Å². The summed E-state index contributed by atoms with van der Waals surface area (Å²) in [7, 11) is 0. The number of rotatable bonds is 11. The summed E-state index contributed by atoms with van der Waals surface area (Å²) in [5.41, 5.74) is 4.00. The van der Waals surface area contributed by atoms with Crippen LogP contribution < -0.4 is 21.7 Å². The Balaban J connectivity index is 0.000000801. The molecule has 0 bridgehead atoms. The Bertz CT molecular complexity index is 3440. The van der Waals surface area contributed by atoms with E-state index in [4.69, 9.17) is 66.2 Å². The topological polar surface area (TPSA) is 401 Å². The maximum atomic E-state index is 12.4. The molecule has 12 rings (SSSR count). The third-order valence-electron chi connectivity index (χ3n) is 24.1. The Morgan fingerprint density at radius 2 is 0.615 bits per heavy atom. The number of carbonyl (C=O) groups is 10. The third kappa shape index (κ3) is 52.9. The minimum atomic E-state index is -0.738. The zero-order valence-electron chi connectivity index (χ0n) is 89.5. The smallest absolute Gasteiger partial charge is 0.410 e. The molecular formula is C101H190ClN11O21Ti. The molecule has 0 unspecified atom stereocenters. The summed E-state index contributed by atoms with van der Waals surface area (Å²) in [6.45, 7) is 72.3. The number of nitrogens with two attached hydrogens (primary N) is 1. The van der Waals surface area contributed by atoms with Gasteiger partial charge in [0.1, 0.15) is 22.6 Å². The minimum absolute atomic E-state index is 0. The molecule has 32 nitrogen and oxygen atoms in total. The van der Waals surface area contributed by atoms with E-state index < -0.39 is 22.2 Å². The first kappa shape index (κ1) is 128. The molecule has 34 heteroatoms. The van der Waals surface area contributed by atoms with E-state index in [1.807, 2.05) is 160 Å². The van der Waals surface area contributed by atoms with Gasteiger partial charge in [-0.05, 0) is 392 Å². The Hall–Kier alpha value is -5.26. The van der Waals surface area contributed by atoms with Crippen LogP contribution in [0.1, 0.15) is 336 Å². The standard InChI is InChI=1S/C22H39N3O3.C20H35N3O3.C20H34N2O4.C12H19NO3.C8H15NO2.C4H11N.C3H5ClO2.4C3H8O.Ti/c1-20(2,3)23-18(26)16-7-10-24(11-8-16)17-13-22(14-17)9-12-25(15-22)19(27)28-21(4,5)6;1-5-26-18(25)23-11-8-20(14-23)12-16(13-20)22-9-6-15(7-10-22)17(24)21-19(2,3)4;1-5-25-17(23)15-6-9-21(10-7-15)16-12-20(13-16)8-11-22(14-20)18(24)26-19(2,3)4;1-11(2,3)16-10(15)13-5-4-12(8-13)6-9(14)7-12;1-2-11-8(10)7-3-5-9-6-4-7;1-4(2,3)5;1-2-6-3(4)5;4*1-3(2)4;/h16-17H,7-15H2,1-6H3,(H,23,26);15-16H,5-14H2,1-4H3,(H,21,24);15-16H,5-14H2,1-4H3;4-8H2,1-3H3;7,9H,2-6H2,1H3;5H2,1-3H3;2H2,1H3;4*3-4H,1-2H3;. The number of hydrogen-bond donors (Lipinski definition) is 8. The van der Waals surface area contributed by atoms with Gasteiger partial charge in [0.15, 0.2) is 0 Å². The average molecular weight is 1980 g/mol. The molecule has 6 amide bonds. The number of piperidine rings is 4. The van der Waals surface area contributed by atoms with Crippen molar-refractivity contribution in [2.45, 2.75) is 412 Å². The monoisotopic (exact) mass is 1980 g/mol. The summed E-state index contributed by atoms with van der Waals surface area (Å²) in [5.74, 6) is 1.24. The van der Waals surface area contributed by atoms with Gasteiger partial charge in [-0.1, -0.05) is 0 Å². The molecule has 4 spiro atoms. The van der Waals surface area contributed by atoms with Crippen molar-refractivity contribution >= 4 is 70.9 Å². The van der Waals surface area contributed by atoms with E-state index in [0.717, 1.165) is 188 Å². The molecule has 0 aromatic carbocycles. The van der Waals surface area contributed by atoms with E-state index in [2.05, 4.69) is 35.4 Å². The average Bonchev–Trinajstić information content (AvgIpc) is 1.64. The second-order valence-corrected chi connectivity index (χ2v) is 46.6. The Morgan fingerprint density at radius 3 is 0.837 bits per heavy atom. The van der Waals surface area contributed by atoms with Crippen LogP contribution in [0.4, 0.5) is 24.0 Å². The van der Waals surface area contributed by atoms with Gasteiger partial charge in [0.2, 0.25) is 11.8 Å². The Kier molecular flexibility index (Phi) is 55.8. The van der Waals surface area contributed by atoms with E-state index in [-0.39, 0.29) is 140 Å². The maximum Gasteiger partial charge on any atom is 0.410 e. The van der Waals surface area contributed by atoms with Gasteiger partial charge in [-0.2, -0.15) is 0 Å². The first-order valence-corrected chi connectivity index (χ1v) is 50.6. The quantitative estimate of drug-likeness (QED) is 0.0412. The van der Waals surface area contributed by atoms with Crippen molar-refractivity contribution in [2.75, 3.05) is 131 Å². The summed E-state index contributed by atoms with van der Waals surface area (Å²) < 4.78 is 35.7. The fourth-order valence-corrected chi connectivity index (χ4v) is 18.5. The number of ether oxygens (including phenoxy) is 7. The van der Waals surface area contributed by atoms with Gasteiger partial charge in [0, 0.05) is 175 Å². The van der Waals surface area contributed by atoms with Crippen LogP contribution >= 0.6 is 11.6 Å². The minimum Gasteiger partial charge on any atom is -0.466 e. The van der Waals surface area contributed by atoms with Gasteiger partial charge in [-0.15, -0.1) is 0 Å². The number of ketones is 1. The van der Waals surface area contributed by atoms with Crippen molar-refractivity contribution in [2.24, 2.45) is 51.1 Å².